The van der Waals surface area contributed by atoms with Crippen molar-refractivity contribution in [2.45, 2.75) is 24.8 Å². The second-order valence-electron chi connectivity index (χ2n) is 5.38. The molecule has 5 nitrogen and oxygen atoms in total. The van der Waals surface area contributed by atoms with Gasteiger partial charge < -0.3 is 5.32 Å². The van der Waals surface area contributed by atoms with E-state index in [2.05, 4.69) is 26.0 Å². The second-order valence-corrected chi connectivity index (χ2v) is 8.42. The van der Waals surface area contributed by atoms with E-state index in [1.807, 2.05) is 0 Å². The first kappa shape index (κ1) is 18.9. The lowest BCUT2D eigenvalue weighted by Crippen LogP contribution is -2.30. The highest BCUT2D eigenvalue weighted by Crippen LogP contribution is 2.26. The Balaban J connectivity index is 2.17. The van der Waals surface area contributed by atoms with Crippen molar-refractivity contribution in [3.05, 3.63) is 57.5 Å². The monoisotopic (exact) mass is 430 g/mol. The van der Waals surface area contributed by atoms with E-state index < -0.39 is 10.0 Å². The minimum absolute atomic E-state index is 0.106. The maximum Gasteiger partial charge on any atom is 0.255 e. The van der Waals surface area contributed by atoms with E-state index in [1.54, 1.807) is 32.0 Å². The number of nitrogens with one attached hydrogen (secondary N) is 2. The second kappa shape index (κ2) is 7.65. The van der Waals surface area contributed by atoms with Crippen LogP contribution >= 0.6 is 27.5 Å². The summed E-state index contributed by atoms with van der Waals surface area (Å²) < 4.78 is 27.4. The highest BCUT2D eigenvalue weighted by molar-refractivity contribution is 9.10. The minimum atomic E-state index is -3.58. The largest absolute Gasteiger partial charge is 0.321 e. The van der Waals surface area contributed by atoms with Gasteiger partial charge in [-0.3, -0.25) is 4.79 Å². The fourth-order valence-electron chi connectivity index (χ4n) is 1.95. The van der Waals surface area contributed by atoms with Crippen LogP contribution in [0.5, 0.6) is 0 Å². The lowest BCUT2D eigenvalue weighted by Gasteiger charge is -2.10. The highest BCUT2D eigenvalue weighted by atomic mass is 79.9. The average molecular weight is 432 g/mol. The highest BCUT2D eigenvalue weighted by Gasteiger charge is 2.16. The van der Waals surface area contributed by atoms with Gasteiger partial charge in [0.15, 0.2) is 0 Å². The van der Waals surface area contributed by atoms with Gasteiger partial charge in [0.05, 0.1) is 15.6 Å². The summed E-state index contributed by atoms with van der Waals surface area (Å²) in [4.78, 5) is 12.3. The Kier molecular flexibility index (Phi) is 6.03. The number of carbonyl (C=O) groups excluding carboxylic acids is 1. The fraction of sp³-hybridized carbons (Fsp3) is 0.188. The number of amides is 1. The van der Waals surface area contributed by atoms with Crippen LogP contribution in [0.25, 0.3) is 0 Å². The van der Waals surface area contributed by atoms with E-state index in [0.29, 0.717) is 16.3 Å². The van der Waals surface area contributed by atoms with Crippen LogP contribution in [0.4, 0.5) is 5.69 Å². The molecular formula is C16H16BrClN2O3S. The maximum atomic E-state index is 12.2. The quantitative estimate of drug-likeness (QED) is 0.750. The molecule has 0 aliphatic heterocycles. The Morgan fingerprint density at radius 3 is 2.29 bits per heavy atom. The van der Waals surface area contributed by atoms with Crippen molar-refractivity contribution in [1.82, 2.24) is 4.72 Å². The lowest BCUT2D eigenvalue weighted by atomic mass is 10.2. The number of halogens is 2. The molecular weight excluding hydrogens is 416 g/mol. The van der Waals surface area contributed by atoms with Crippen molar-refractivity contribution in [3.8, 4) is 0 Å². The van der Waals surface area contributed by atoms with Crippen LogP contribution in [0, 0.1) is 0 Å². The van der Waals surface area contributed by atoms with Gasteiger partial charge >= 0.3 is 0 Å². The van der Waals surface area contributed by atoms with Gasteiger partial charge in [-0.1, -0.05) is 27.5 Å². The van der Waals surface area contributed by atoms with Crippen LogP contribution in [-0.2, 0) is 10.0 Å². The standard InChI is InChI=1S/C16H16BrClN2O3S/c1-10(2)20-24(22,23)13-6-3-11(4-7-13)16(21)19-15-8-5-12(17)9-14(15)18/h3-10,20H,1-2H3,(H,19,21). The molecule has 0 aliphatic carbocycles. The molecule has 0 fully saturated rings. The lowest BCUT2D eigenvalue weighted by molar-refractivity contribution is 0.102. The molecule has 2 aromatic carbocycles. The molecule has 2 rings (SSSR count). The van der Waals surface area contributed by atoms with Crippen molar-refractivity contribution in [2.75, 3.05) is 5.32 Å². The number of sulfonamides is 1. The molecule has 0 spiro atoms. The average Bonchev–Trinajstić information content (AvgIpc) is 2.49. The van der Waals surface area contributed by atoms with Crippen LogP contribution in [0.1, 0.15) is 24.2 Å². The Morgan fingerprint density at radius 1 is 1.12 bits per heavy atom. The first-order chi connectivity index (χ1) is 11.2. The van der Waals surface area contributed by atoms with Gasteiger partial charge in [0, 0.05) is 16.1 Å². The number of benzene rings is 2. The van der Waals surface area contributed by atoms with E-state index in [1.165, 1.54) is 24.3 Å². The minimum Gasteiger partial charge on any atom is -0.321 e. The van der Waals surface area contributed by atoms with Crippen molar-refractivity contribution in [1.29, 1.82) is 0 Å². The number of rotatable bonds is 5. The van der Waals surface area contributed by atoms with E-state index >= 15 is 0 Å². The zero-order valence-electron chi connectivity index (χ0n) is 13.0. The number of anilines is 1. The molecule has 24 heavy (non-hydrogen) atoms. The van der Waals surface area contributed by atoms with Gasteiger partial charge in [-0.25, -0.2) is 13.1 Å². The molecule has 0 heterocycles. The number of carbonyl (C=O) groups is 1. The van der Waals surface area contributed by atoms with Gasteiger partial charge in [-0.05, 0) is 56.3 Å². The van der Waals surface area contributed by atoms with Gasteiger partial charge in [-0.15, -0.1) is 0 Å². The zero-order chi connectivity index (χ0) is 17.9. The summed E-state index contributed by atoms with van der Waals surface area (Å²) in [6.45, 7) is 3.47. The Bertz CT molecular complexity index is 852. The molecule has 1 amide bonds. The van der Waals surface area contributed by atoms with E-state index in [9.17, 15) is 13.2 Å². The van der Waals surface area contributed by atoms with Crippen LogP contribution in [0.3, 0.4) is 0 Å². The molecule has 2 N–H and O–H groups in total. The van der Waals surface area contributed by atoms with Gasteiger partial charge in [-0.2, -0.15) is 0 Å². The number of hydrogen-bond donors (Lipinski definition) is 2. The molecule has 0 radical (unpaired) electrons. The third kappa shape index (κ3) is 4.80. The van der Waals surface area contributed by atoms with Gasteiger partial charge in [0.2, 0.25) is 10.0 Å². The van der Waals surface area contributed by atoms with Crippen LogP contribution in [-0.4, -0.2) is 20.4 Å². The normalized spacial score (nSPS) is 11.5. The van der Waals surface area contributed by atoms with E-state index in [4.69, 9.17) is 11.6 Å². The molecule has 0 aromatic heterocycles. The Morgan fingerprint density at radius 2 is 1.75 bits per heavy atom. The van der Waals surface area contributed by atoms with Gasteiger partial charge in [0.25, 0.3) is 5.91 Å². The maximum absolute atomic E-state index is 12.2. The summed E-state index contributed by atoms with van der Waals surface area (Å²) in [6, 6.07) is 10.6. The number of hydrogen-bond acceptors (Lipinski definition) is 3. The summed E-state index contributed by atoms with van der Waals surface area (Å²) in [5.74, 6) is -0.375. The molecule has 0 saturated carbocycles. The van der Waals surface area contributed by atoms with Crippen molar-refractivity contribution in [2.24, 2.45) is 0 Å². The summed E-state index contributed by atoms with van der Waals surface area (Å²) in [7, 11) is -3.58. The molecule has 0 unspecified atom stereocenters. The van der Waals surface area contributed by atoms with Crippen LogP contribution < -0.4 is 10.0 Å². The van der Waals surface area contributed by atoms with Crippen molar-refractivity contribution in [3.63, 3.8) is 0 Å². The van der Waals surface area contributed by atoms with E-state index in [0.717, 1.165) is 4.47 Å². The fourth-order valence-corrected chi connectivity index (χ4v) is 3.92. The first-order valence-electron chi connectivity index (χ1n) is 7.08. The summed E-state index contributed by atoms with van der Waals surface area (Å²) in [6.07, 6.45) is 0. The molecule has 2 aromatic rings. The zero-order valence-corrected chi connectivity index (χ0v) is 16.2. The molecule has 0 saturated heterocycles. The van der Waals surface area contributed by atoms with Crippen molar-refractivity contribution < 1.29 is 13.2 Å². The molecule has 0 aliphatic rings. The predicted molar refractivity (Wildman–Crippen MR) is 99.0 cm³/mol. The van der Waals surface area contributed by atoms with Crippen LogP contribution in [0.2, 0.25) is 5.02 Å². The first-order valence-corrected chi connectivity index (χ1v) is 9.73. The Labute approximate surface area is 154 Å². The van der Waals surface area contributed by atoms with Crippen molar-refractivity contribution >= 4 is 49.1 Å². The predicted octanol–water partition coefficient (Wildman–Crippen LogP) is 4.04. The SMILES string of the molecule is CC(C)NS(=O)(=O)c1ccc(C(=O)Nc2ccc(Br)cc2Cl)cc1. The van der Waals surface area contributed by atoms with E-state index in [-0.39, 0.29) is 16.8 Å². The molecule has 128 valence electrons. The topological polar surface area (TPSA) is 75.3 Å². The third-order valence-electron chi connectivity index (χ3n) is 3.00. The summed E-state index contributed by atoms with van der Waals surface area (Å²) >= 11 is 9.35. The molecule has 0 bridgehead atoms. The van der Waals surface area contributed by atoms with Crippen LogP contribution in [0.15, 0.2) is 51.8 Å². The third-order valence-corrected chi connectivity index (χ3v) is 5.48. The summed E-state index contributed by atoms with van der Waals surface area (Å²) in [5.41, 5.74) is 0.806. The molecule has 0 atom stereocenters. The molecule has 8 heteroatoms. The summed E-state index contributed by atoms with van der Waals surface area (Å²) in [5, 5.41) is 3.09. The smallest absolute Gasteiger partial charge is 0.255 e. The van der Waals surface area contributed by atoms with Gasteiger partial charge in [0.1, 0.15) is 0 Å². The Hall–Kier alpha value is -1.41.